The zero-order valence-electron chi connectivity index (χ0n) is 17.0. The maximum atomic E-state index is 13.1. The number of hydrogen-bond donors (Lipinski definition) is 2. The first-order valence-corrected chi connectivity index (χ1v) is 11.7. The number of aryl methyl sites for hydroxylation is 1. The summed E-state index contributed by atoms with van der Waals surface area (Å²) in [6, 6.07) is 1.42. The van der Waals surface area contributed by atoms with Crippen LogP contribution in [0.5, 0.6) is 5.88 Å². The third-order valence-electron chi connectivity index (χ3n) is 6.15. The number of anilines is 1. The Hall–Kier alpha value is -2.43. The van der Waals surface area contributed by atoms with Crippen molar-refractivity contribution in [3.8, 4) is 5.88 Å². The molecule has 0 spiro atoms. The van der Waals surface area contributed by atoms with E-state index >= 15 is 0 Å². The van der Waals surface area contributed by atoms with E-state index in [4.69, 9.17) is 14.6 Å². The predicted molar refractivity (Wildman–Crippen MR) is 111 cm³/mol. The van der Waals surface area contributed by atoms with E-state index in [0.29, 0.717) is 19.1 Å². The Kier molecular flexibility index (Phi) is 4.60. The minimum atomic E-state index is -3.52. The highest BCUT2D eigenvalue weighted by molar-refractivity contribution is 7.91. The van der Waals surface area contributed by atoms with Crippen LogP contribution >= 0.6 is 0 Å². The number of hydrogen-bond acceptors (Lipinski definition) is 5. The molecular formula is C20H25N5O4S. The first kappa shape index (κ1) is 19.5. The summed E-state index contributed by atoms with van der Waals surface area (Å²) in [6.07, 6.45) is 5.38. The topological polar surface area (TPSA) is 121 Å². The van der Waals surface area contributed by atoms with Gasteiger partial charge in [-0.25, -0.2) is 18.8 Å². The van der Waals surface area contributed by atoms with Crippen molar-refractivity contribution in [3.05, 3.63) is 34.5 Å². The molecule has 2 amide bonds. The summed E-state index contributed by atoms with van der Waals surface area (Å²) >= 11 is 0. The number of methoxy groups -OCH3 is 1. The monoisotopic (exact) mass is 431 g/mol. The lowest BCUT2D eigenvalue weighted by molar-refractivity contribution is 0.145. The van der Waals surface area contributed by atoms with Gasteiger partial charge in [0.2, 0.25) is 5.88 Å². The van der Waals surface area contributed by atoms with Gasteiger partial charge >= 0.3 is 6.03 Å². The number of ether oxygens (including phenoxy) is 2. The number of carbonyl (C=O) groups is 1. The molecule has 160 valence electrons. The quantitative estimate of drug-likeness (QED) is 0.771. The molecule has 3 aliphatic rings. The molecule has 1 aromatic carbocycles. The van der Waals surface area contributed by atoms with Crippen molar-refractivity contribution < 1.29 is 18.5 Å². The van der Waals surface area contributed by atoms with E-state index in [9.17, 15) is 9.00 Å². The van der Waals surface area contributed by atoms with Crippen LogP contribution in [0.4, 0.5) is 10.5 Å². The highest BCUT2D eigenvalue weighted by Gasteiger charge is 2.33. The Morgan fingerprint density at radius 2 is 2.30 bits per heavy atom. The van der Waals surface area contributed by atoms with Crippen molar-refractivity contribution in [3.63, 3.8) is 0 Å². The maximum absolute atomic E-state index is 13.1. The average molecular weight is 432 g/mol. The van der Waals surface area contributed by atoms with Gasteiger partial charge in [-0.05, 0) is 53.9 Å². The molecule has 0 fully saturated rings. The van der Waals surface area contributed by atoms with Crippen LogP contribution in [-0.2, 0) is 33.9 Å². The van der Waals surface area contributed by atoms with Gasteiger partial charge in [-0.2, -0.15) is 5.10 Å². The molecule has 0 saturated heterocycles. The van der Waals surface area contributed by atoms with Gasteiger partial charge in [0.15, 0.2) is 9.92 Å². The van der Waals surface area contributed by atoms with E-state index < -0.39 is 15.9 Å². The van der Waals surface area contributed by atoms with Gasteiger partial charge in [-0.15, -0.1) is 4.36 Å². The number of benzene rings is 1. The Bertz CT molecular complexity index is 1160. The van der Waals surface area contributed by atoms with Crippen LogP contribution in [0.1, 0.15) is 47.6 Å². The number of aromatic nitrogens is 2. The van der Waals surface area contributed by atoms with E-state index in [1.54, 1.807) is 11.8 Å². The fourth-order valence-electron chi connectivity index (χ4n) is 4.79. The second kappa shape index (κ2) is 7.07. The summed E-state index contributed by atoms with van der Waals surface area (Å²) in [5.74, 6) is 0.660. The zero-order valence-corrected chi connectivity index (χ0v) is 17.8. The van der Waals surface area contributed by atoms with E-state index in [1.165, 1.54) is 28.5 Å². The van der Waals surface area contributed by atoms with E-state index in [2.05, 4.69) is 27.8 Å². The SMILES string of the molecule is COC[C@@H]1COc2c(S(N)(=O)=NC(=O)Nc3c4c(cc5c3[C@H](C)C5)CCC4)cnn21. The number of carbonyl (C=O) groups excluding carboxylic acids is 1. The highest BCUT2D eigenvalue weighted by Crippen LogP contribution is 2.45. The lowest BCUT2D eigenvalue weighted by Gasteiger charge is -2.31. The van der Waals surface area contributed by atoms with Gasteiger partial charge in [-0.3, -0.25) is 0 Å². The first-order valence-electron chi connectivity index (χ1n) is 10.1. The molecule has 2 heterocycles. The van der Waals surface area contributed by atoms with Gasteiger partial charge in [0, 0.05) is 12.8 Å². The predicted octanol–water partition coefficient (Wildman–Crippen LogP) is 2.54. The molecule has 1 aliphatic heterocycles. The Morgan fingerprint density at radius 3 is 3.07 bits per heavy atom. The molecule has 30 heavy (non-hydrogen) atoms. The van der Waals surface area contributed by atoms with Crippen molar-refractivity contribution in [2.45, 2.75) is 49.5 Å². The normalized spacial score (nSPS) is 22.9. The Balaban J connectivity index is 1.45. The summed E-state index contributed by atoms with van der Waals surface area (Å²) in [7, 11) is -1.93. The standard InChI is InChI=1S/C20H25N5O4S/c1-11-6-13-7-12-4-3-5-15(12)18(17(11)13)23-20(26)24-30(21,27)16-8-22-25-14(9-28-2)10-29-19(16)25/h7-8,11,14H,3-6,9-10H2,1-2H3,(H3,21,23,24,26,27)/t11-,14-,30?/m1/s1. The summed E-state index contributed by atoms with van der Waals surface area (Å²) in [4.78, 5) is 12.9. The van der Waals surface area contributed by atoms with Crippen LogP contribution < -0.4 is 15.2 Å². The Morgan fingerprint density at radius 1 is 1.47 bits per heavy atom. The van der Waals surface area contributed by atoms with E-state index in [-0.39, 0.29) is 16.8 Å². The third-order valence-corrected chi connectivity index (χ3v) is 7.49. The molecule has 2 aliphatic carbocycles. The van der Waals surface area contributed by atoms with Crippen molar-refractivity contribution in [2.75, 3.05) is 25.6 Å². The fourth-order valence-corrected chi connectivity index (χ4v) is 5.78. The molecule has 9 nitrogen and oxygen atoms in total. The largest absolute Gasteiger partial charge is 0.475 e. The Labute approximate surface area is 175 Å². The van der Waals surface area contributed by atoms with Gasteiger partial charge < -0.3 is 14.8 Å². The van der Waals surface area contributed by atoms with Gasteiger partial charge in [0.25, 0.3) is 0 Å². The van der Waals surface area contributed by atoms with Gasteiger partial charge in [0.1, 0.15) is 17.5 Å². The van der Waals surface area contributed by atoms with E-state index in [0.717, 1.165) is 31.4 Å². The van der Waals surface area contributed by atoms with E-state index in [1.807, 2.05) is 0 Å². The second-order valence-corrected chi connectivity index (χ2v) is 9.95. The highest BCUT2D eigenvalue weighted by atomic mass is 32.2. The summed E-state index contributed by atoms with van der Waals surface area (Å²) in [5.41, 5.74) is 5.74. The maximum Gasteiger partial charge on any atom is 0.354 e. The third kappa shape index (κ3) is 3.01. The van der Waals surface area contributed by atoms with Crippen LogP contribution in [0.3, 0.4) is 0 Å². The number of urea groups is 1. The number of nitrogens with two attached hydrogens (primary N) is 1. The van der Waals surface area contributed by atoms with Crippen LogP contribution in [0.15, 0.2) is 21.5 Å². The molecule has 2 aromatic rings. The number of nitrogens with zero attached hydrogens (tertiary/aromatic N) is 3. The number of nitrogens with one attached hydrogen (secondary N) is 1. The smallest absolute Gasteiger partial charge is 0.354 e. The van der Waals surface area contributed by atoms with Crippen molar-refractivity contribution >= 4 is 21.6 Å². The van der Waals surface area contributed by atoms with Crippen molar-refractivity contribution in [1.82, 2.24) is 9.78 Å². The summed E-state index contributed by atoms with van der Waals surface area (Å²) < 4.78 is 29.3. The molecule has 5 rings (SSSR count). The molecule has 0 radical (unpaired) electrons. The molecular weight excluding hydrogens is 406 g/mol. The lowest BCUT2D eigenvalue weighted by Crippen LogP contribution is -2.23. The molecule has 0 bridgehead atoms. The first-order chi connectivity index (χ1) is 14.4. The van der Waals surface area contributed by atoms with Gasteiger partial charge in [-0.1, -0.05) is 13.0 Å². The van der Waals surface area contributed by atoms with Crippen molar-refractivity contribution in [1.29, 1.82) is 0 Å². The van der Waals surface area contributed by atoms with Crippen LogP contribution in [-0.4, -0.2) is 40.3 Å². The second-order valence-electron chi connectivity index (χ2n) is 8.19. The fraction of sp³-hybridized carbons (Fsp3) is 0.500. The molecule has 10 heteroatoms. The molecule has 3 N–H and O–H groups in total. The summed E-state index contributed by atoms with van der Waals surface area (Å²) in [5, 5.41) is 13.1. The molecule has 1 aromatic heterocycles. The van der Waals surface area contributed by atoms with Crippen molar-refractivity contribution in [2.24, 2.45) is 9.50 Å². The molecule has 0 saturated carbocycles. The molecule has 3 atom stereocenters. The van der Waals surface area contributed by atoms with Gasteiger partial charge in [0.05, 0.1) is 12.8 Å². The zero-order chi connectivity index (χ0) is 21.0. The lowest BCUT2D eigenvalue weighted by atomic mass is 9.75. The molecule has 1 unspecified atom stereocenters. The average Bonchev–Trinajstić information content (AvgIpc) is 3.37. The van der Waals surface area contributed by atoms with Crippen LogP contribution in [0, 0.1) is 0 Å². The minimum Gasteiger partial charge on any atom is -0.475 e. The number of amides is 2. The van der Waals surface area contributed by atoms with Crippen LogP contribution in [0.25, 0.3) is 0 Å². The number of rotatable bonds is 4. The van der Waals surface area contributed by atoms with Crippen LogP contribution in [0.2, 0.25) is 0 Å². The number of fused-ring (bicyclic) bond motifs is 3. The summed E-state index contributed by atoms with van der Waals surface area (Å²) in [6.45, 7) is 2.89. The minimum absolute atomic E-state index is 0.121.